The summed E-state index contributed by atoms with van der Waals surface area (Å²) in [6, 6.07) is 3.74. The SMILES string of the molecule is CN(C)C(=O)C1CCCN(Cc2nc(-c3cccnc3)no2)C1. The number of piperidine rings is 1. The highest BCUT2D eigenvalue weighted by Crippen LogP contribution is 2.20. The maximum absolute atomic E-state index is 12.1. The highest BCUT2D eigenvalue weighted by Gasteiger charge is 2.27. The van der Waals surface area contributed by atoms with Gasteiger partial charge in [0.15, 0.2) is 0 Å². The predicted molar refractivity (Wildman–Crippen MR) is 84.2 cm³/mol. The van der Waals surface area contributed by atoms with Crippen LogP contribution in [-0.2, 0) is 11.3 Å². The van der Waals surface area contributed by atoms with Crippen molar-refractivity contribution in [1.29, 1.82) is 0 Å². The average Bonchev–Trinajstić information content (AvgIpc) is 3.03. The van der Waals surface area contributed by atoms with Gasteiger partial charge in [0.2, 0.25) is 17.6 Å². The molecule has 1 unspecified atom stereocenters. The summed E-state index contributed by atoms with van der Waals surface area (Å²) in [7, 11) is 3.61. The highest BCUT2D eigenvalue weighted by atomic mass is 16.5. The van der Waals surface area contributed by atoms with Gasteiger partial charge in [0.1, 0.15) is 0 Å². The molecule has 1 atom stereocenters. The van der Waals surface area contributed by atoms with E-state index in [0.717, 1.165) is 31.5 Å². The Balaban J connectivity index is 1.63. The van der Waals surface area contributed by atoms with Crippen molar-refractivity contribution in [2.45, 2.75) is 19.4 Å². The van der Waals surface area contributed by atoms with Gasteiger partial charge in [-0.2, -0.15) is 4.98 Å². The maximum Gasteiger partial charge on any atom is 0.241 e. The Labute approximate surface area is 135 Å². The number of hydrogen-bond acceptors (Lipinski definition) is 6. The summed E-state index contributed by atoms with van der Waals surface area (Å²) in [6.45, 7) is 2.26. The molecule has 7 nitrogen and oxygen atoms in total. The van der Waals surface area contributed by atoms with Gasteiger partial charge in [0.05, 0.1) is 12.5 Å². The Morgan fingerprint density at radius 3 is 3.09 bits per heavy atom. The Bertz CT molecular complexity index is 656. The van der Waals surface area contributed by atoms with E-state index in [-0.39, 0.29) is 11.8 Å². The number of amides is 1. The predicted octanol–water partition coefficient (Wildman–Crippen LogP) is 1.43. The first-order valence-corrected chi connectivity index (χ1v) is 7.80. The lowest BCUT2D eigenvalue weighted by atomic mass is 9.97. The van der Waals surface area contributed by atoms with Gasteiger partial charge in [-0.05, 0) is 31.5 Å². The van der Waals surface area contributed by atoms with Crippen LogP contribution in [-0.4, -0.2) is 58.0 Å². The highest BCUT2D eigenvalue weighted by molar-refractivity contribution is 5.78. The molecule has 1 aliphatic heterocycles. The zero-order valence-electron chi connectivity index (χ0n) is 13.5. The second kappa shape index (κ2) is 6.87. The maximum atomic E-state index is 12.1. The molecule has 122 valence electrons. The van der Waals surface area contributed by atoms with E-state index in [1.165, 1.54) is 0 Å². The fourth-order valence-electron chi connectivity index (χ4n) is 2.89. The van der Waals surface area contributed by atoms with Gasteiger partial charge < -0.3 is 9.42 Å². The van der Waals surface area contributed by atoms with Gasteiger partial charge in [-0.1, -0.05) is 5.16 Å². The molecule has 0 saturated carbocycles. The zero-order valence-corrected chi connectivity index (χ0v) is 13.5. The lowest BCUT2D eigenvalue weighted by molar-refractivity contribution is -0.134. The first kappa shape index (κ1) is 15.6. The third-order valence-corrected chi connectivity index (χ3v) is 4.04. The van der Waals surface area contributed by atoms with E-state index in [4.69, 9.17) is 4.52 Å². The van der Waals surface area contributed by atoms with Gasteiger partial charge in [0, 0.05) is 38.6 Å². The fourth-order valence-corrected chi connectivity index (χ4v) is 2.89. The topological polar surface area (TPSA) is 75.4 Å². The van der Waals surface area contributed by atoms with Gasteiger partial charge in [-0.3, -0.25) is 14.7 Å². The van der Waals surface area contributed by atoms with Crippen LogP contribution in [0.25, 0.3) is 11.4 Å². The van der Waals surface area contributed by atoms with Crippen LogP contribution >= 0.6 is 0 Å². The Morgan fingerprint density at radius 1 is 1.48 bits per heavy atom. The molecule has 7 heteroatoms. The number of likely N-dealkylation sites (tertiary alicyclic amines) is 1. The average molecular weight is 315 g/mol. The van der Waals surface area contributed by atoms with E-state index < -0.39 is 0 Å². The van der Waals surface area contributed by atoms with Crippen molar-refractivity contribution in [3.8, 4) is 11.4 Å². The van der Waals surface area contributed by atoms with Crippen LogP contribution in [0.4, 0.5) is 0 Å². The molecule has 1 aliphatic rings. The zero-order chi connectivity index (χ0) is 16.2. The number of nitrogens with zero attached hydrogens (tertiary/aromatic N) is 5. The largest absolute Gasteiger partial charge is 0.349 e. The molecule has 0 radical (unpaired) electrons. The molecule has 2 aromatic heterocycles. The van der Waals surface area contributed by atoms with Gasteiger partial charge >= 0.3 is 0 Å². The van der Waals surface area contributed by atoms with E-state index in [2.05, 4.69) is 20.0 Å². The van der Waals surface area contributed by atoms with Crippen LogP contribution in [0.5, 0.6) is 0 Å². The summed E-state index contributed by atoms with van der Waals surface area (Å²) in [5.74, 6) is 1.36. The summed E-state index contributed by atoms with van der Waals surface area (Å²) >= 11 is 0. The van der Waals surface area contributed by atoms with Crippen molar-refractivity contribution in [3.63, 3.8) is 0 Å². The van der Waals surface area contributed by atoms with Crippen LogP contribution in [0.2, 0.25) is 0 Å². The first-order chi connectivity index (χ1) is 11.1. The van der Waals surface area contributed by atoms with E-state index in [1.54, 1.807) is 31.4 Å². The van der Waals surface area contributed by atoms with Crippen molar-refractivity contribution in [1.82, 2.24) is 24.9 Å². The van der Waals surface area contributed by atoms with Crippen molar-refractivity contribution in [3.05, 3.63) is 30.4 Å². The molecule has 3 rings (SSSR count). The van der Waals surface area contributed by atoms with E-state index in [9.17, 15) is 4.79 Å². The molecule has 0 aromatic carbocycles. The third kappa shape index (κ3) is 3.73. The molecule has 1 amide bonds. The molecule has 0 bridgehead atoms. The van der Waals surface area contributed by atoms with E-state index in [1.807, 2.05) is 12.1 Å². The lowest BCUT2D eigenvalue weighted by Gasteiger charge is -2.32. The van der Waals surface area contributed by atoms with E-state index in [0.29, 0.717) is 18.3 Å². The van der Waals surface area contributed by atoms with Crippen LogP contribution in [0.3, 0.4) is 0 Å². The summed E-state index contributed by atoms with van der Waals surface area (Å²) in [5, 5.41) is 4.01. The smallest absolute Gasteiger partial charge is 0.241 e. The van der Waals surface area contributed by atoms with Gasteiger partial charge in [-0.15, -0.1) is 0 Å². The van der Waals surface area contributed by atoms with Gasteiger partial charge in [-0.25, -0.2) is 0 Å². The minimum atomic E-state index is 0.0551. The normalized spacial score (nSPS) is 18.8. The summed E-state index contributed by atoms with van der Waals surface area (Å²) in [6.07, 6.45) is 5.37. The molecular formula is C16H21N5O2. The minimum absolute atomic E-state index is 0.0551. The number of pyridine rings is 1. The Morgan fingerprint density at radius 2 is 2.35 bits per heavy atom. The molecular weight excluding hydrogens is 294 g/mol. The number of rotatable bonds is 4. The summed E-state index contributed by atoms with van der Waals surface area (Å²) in [4.78, 5) is 24.5. The van der Waals surface area contributed by atoms with Crippen molar-refractivity contribution in [2.75, 3.05) is 27.2 Å². The second-order valence-corrected chi connectivity index (χ2v) is 6.06. The van der Waals surface area contributed by atoms with E-state index >= 15 is 0 Å². The standard InChI is InChI=1S/C16H21N5O2/c1-20(2)16(22)13-6-4-8-21(10-13)11-14-18-15(19-23-14)12-5-3-7-17-9-12/h3,5,7,9,13H,4,6,8,10-11H2,1-2H3. The van der Waals surface area contributed by atoms with Crippen LogP contribution < -0.4 is 0 Å². The molecule has 23 heavy (non-hydrogen) atoms. The quantitative estimate of drug-likeness (QED) is 0.849. The molecule has 1 fully saturated rings. The first-order valence-electron chi connectivity index (χ1n) is 7.80. The monoisotopic (exact) mass is 315 g/mol. The number of carbonyl (C=O) groups excluding carboxylic acids is 1. The molecule has 1 saturated heterocycles. The summed E-state index contributed by atoms with van der Waals surface area (Å²) < 4.78 is 5.34. The van der Waals surface area contributed by atoms with Gasteiger partial charge in [0.25, 0.3) is 0 Å². The number of hydrogen-bond donors (Lipinski definition) is 0. The fraction of sp³-hybridized carbons (Fsp3) is 0.500. The molecule has 2 aromatic rings. The molecule has 3 heterocycles. The van der Waals surface area contributed by atoms with Crippen LogP contribution in [0, 0.1) is 5.92 Å². The number of aromatic nitrogens is 3. The van der Waals surface area contributed by atoms with Crippen LogP contribution in [0.15, 0.2) is 29.0 Å². The minimum Gasteiger partial charge on any atom is -0.349 e. The third-order valence-electron chi connectivity index (χ3n) is 4.04. The Kier molecular flexibility index (Phi) is 4.66. The molecule has 0 spiro atoms. The molecule has 0 N–H and O–H groups in total. The second-order valence-electron chi connectivity index (χ2n) is 6.06. The van der Waals surface area contributed by atoms with Crippen molar-refractivity contribution in [2.24, 2.45) is 5.92 Å². The Hall–Kier alpha value is -2.28. The molecule has 0 aliphatic carbocycles. The lowest BCUT2D eigenvalue weighted by Crippen LogP contribution is -2.42. The van der Waals surface area contributed by atoms with Crippen molar-refractivity contribution >= 4 is 5.91 Å². The van der Waals surface area contributed by atoms with Crippen molar-refractivity contribution < 1.29 is 9.32 Å². The summed E-state index contributed by atoms with van der Waals surface area (Å²) in [5.41, 5.74) is 0.835. The number of carbonyl (C=O) groups is 1. The van der Waals surface area contributed by atoms with Crippen LogP contribution in [0.1, 0.15) is 18.7 Å².